The minimum atomic E-state index is -0.438. The Balaban J connectivity index is 2.38. The van der Waals surface area contributed by atoms with Gasteiger partial charge in [0.05, 0.1) is 23.8 Å². The van der Waals surface area contributed by atoms with Crippen LogP contribution < -0.4 is 0 Å². The van der Waals surface area contributed by atoms with Crippen molar-refractivity contribution in [1.29, 1.82) is 5.26 Å². The minimum Gasteiger partial charge on any atom is -0.371 e. The average Bonchev–Trinajstić information content (AvgIpc) is 2.79. The van der Waals surface area contributed by atoms with E-state index in [-0.39, 0.29) is 11.7 Å². The first-order valence-corrected chi connectivity index (χ1v) is 6.89. The highest BCUT2D eigenvalue weighted by molar-refractivity contribution is 5.92. The zero-order valence-electron chi connectivity index (χ0n) is 11.9. The number of hydrogen-bond donors (Lipinski definition) is 1. The number of aryl methyl sites for hydroxylation is 1. The second kappa shape index (κ2) is 4.60. The van der Waals surface area contributed by atoms with Gasteiger partial charge in [-0.1, -0.05) is 13.8 Å². The Kier molecular flexibility index (Phi) is 3.02. The normalized spacial score (nSPS) is 18.3. The number of nitrogens with zero attached hydrogens (tertiary/aromatic N) is 1. The van der Waals surface area contributed by atoms with Crippen molar-refractivity contribution in [3.05, 3.63) is 34.3 Å². The topological polar surface area (TPSA) is 48.8 Å². The summed E-state index contributed by atoms with van der Waals surface area (Å²) in [7, 11) is 0. The maximum absolute atomic E-state index is 14.0. The Morgan fingerprint density at radius 1 is 1.50 bits per heavy atom. The van der Waals surface area contributed by atoms with Crippen LogP contribution in [-0.4, -0.2) is 11.6 Å². The van der Waals surface area contributed by atoms with Gasteiger partial charge in [-0.15, -0.1) is 0 Å². The molecule has 0 radical (unpaired) electrons. The predicted octanol–water partition coefficient (Wildman–Crippen LogP) is 3.76. The van der Waals surface area contributed by atoms with E-state index in [1.165, 1.54) is 6.07 Å². The van der Waals surface area contributed by atoms with Gasteiger partial charge in [-0.25, -0.2) is 4.39 Å². The molecule has 20 heavy (non-hydrogen) atoms. The first kappa shape index (κ1) is 13.1. The third-order valence-corrected chi connectivity index (χ3v) is 4.01. The second-order valence-electron chi connectivity index (χ2n) is 5.71. The lowest BCUT2D eigenvalue weighted by molar-refractivity contribution is 0.00916. The fourth-order valence-electron chi connectivity index (χ4n) is 3.09. The van der Waals surface area contributed by atoms with Crippen LogP contribution in [0.4, 0.5) is 4.39 Å². The fraction of sp³-hybridized carbons (Fsp3) is 0.438. The van der Waals surface area contributed by atoms with Gasteiger partial charge < -0.3 is 9.72 Å². The summed E-state index contributed by atoms with van der Waals surface area (Å²) in [5, 5.41) is 10.0. The molecule has 1 N–H and O–H groups in total. The number of benzene rings is 1. The van der Waals surface area contributed by atoms with Crippen molar-refractivity contribution in [3.8, 4) is 6.07 Å². The van der Waals surface area contributed by atoms with Gasteiger partial charge in [0.1, 0.15) is 11.9 Å². The molecule has 1 atom stereocenters. The standard InChI is InChI=1S/C16H17FN2O/c1-8(2)16-15-10(4-5-20-16)13-11(7-18)12(17)6-9(3)14(13)19-15/h6,8,16,19H,4-5H2,1-3H3. The molecule has 0 saturated carbocycles. The van der Waals surface area contributed by atoms with Crippen molar-refractivity contribution in [1.82, 2.24) is 4.98 Å². The average molecular weight is 272 g/mol. The van der Waals surface area contributed by atoms with Crippen molar-refractivity contribution in [2.45, 2.75) is 33.3 Å². The van der Waals surface area contributed by atoms with E-state index in [4.69, 9.17) is 4.74 Å². The molecule has 0 fully saturated rings. The van der Waals surface area contributed by atoms with Gasteiger partial charge in [0, 0.05) is 11.1 Å². The Morgan fingerprint density at radius 3 is 2.90 bits per heavy atom. The van der Waals surface area contributed by atoms with Gasteiger partial charge in [0.2, 0.25) is 0 Å². The Bertz CT molecular complexity index is 724. The summed E-state index contributed by atoms with van der Waals surface area (Å²) < 4.78 is 19.8. The molecule has 1 unspecified atom stereocenters. The predicted molar refractivity (Wildman–Crippen MR) is 74.9 cm³/mol. The smallest absolute Gasteiger partial charge is 0.141 e. The van der Waals surface area contributed by atoms with Gasteiger partial charge in [0.25, 0.3) is 0 Å². The lowest BCUT2D eigenvalue weighted by atomic mass is 9.94. The monoisotopic (exact) mass is 272 g/mol. The fourth-order valence-corrected chi connectivity index (χ4v) is 3.09. The van der Waals surface area contributed by atoms with Gasteiger partial charge in [0.15, 0.2) is 0 Å². The summed E-state index contributed by atoms with van der Waals surface area (Å²) >= 11 is 0. The second-order valence-corrected chi connectivity index (χ2v) is 5.71. The molecular formula is C16H17FN2O. The highest BCUT2D eigenvalue weighted by Crippen LogP contribution is 2.39. The van der Waals surface area contributed by atoms with Gasteiger partial charge in [-0.05, 0) is 36.5 Å². The van der Waals surface area contributed by atoms with Crippen LogP contribution in [-0.2, 0) is 11.2 Å². The van der Waals surface area contributed by atoms with Crippen molar-refractivity contribution in [2.24, 2.45) is 5.92 Å². The largest absolute Gasteiger partial charge is 0.371 e. The quantitative estimate of drug-likeness (QED) is 0.859. The van der Waals surface area contributed by atoms with Crippen molar-refractivity contribution in [2.75, 3.05) is 6.61 Å². The number of rotatable bonds is 1. The molecule has 3 rings (SSSR count). The molecule has 1 aromatic carbocycles. The summed E-state index contributed by atoms with van der Waals surface area (Å²) in [6.45, 7) is 6.68. The molecule has 1 aliphatic heterocycles. The number of ether oxygens (including phenoxy) is 1. The molecule has 2 heterocycles. The van der Waals surface area contributed by atoms with Crippen LogP contribution in [0.25, 0.3) is 10.9 Å². The molecule has 0 bridgehead atoms. The van der Waals surface area contributed by atoms with Crippen LogP contribution >= 0.6 is 0 Å². The number of nitriles is 1. The molecule has 0 aliphatic carbocycles. The van der Waals surface area contributed by atoms with Gasteiger partial charge in [-0.2, -0.15) is 5.26 Å². The van der Waals surface area contributed by atoms with Crippen molar-refractivity contribution < 1.29 is 9.13 Å². The maximum atomic E-state index is 14.0. The van der Waals surface area contributed by atoms with E-state index in [9.17, 15) is 9.65 Å². The Labute approximate surface area is 117 Å². The van der Waals surface area contributed by atoms with E-state index >= 15 is 0 Å². The van der Waals surface area contributed by atoms with E-state index < -0.39 is 5.82 Å². The summed E-state index contributed by atoms with van der Waals surface area (Å²) in [6.07, 6.45) is 0.705. The SMILES string of the molecule is Cc1cc(F)c(C#N)c2c3c([nH]c12)C(C(C)C)OCC3. The molecule has 0 spiro atoms. The molecule has 2 aromatic rings. The van der Waals surface area contributed by atoms with Crippen molar-refractivity contribution >= 4 is 10.9 Å². The van der Waals surface area contributed by atoms with E-state index in [1.807, 2.05) is 13.0 Å². The Morgan fingerprint density at radius 2 is 2.25 bits per heavy atom. The molecule has 1 aliphatic rings. The highest BCUT2D eigenvalue weighted by Gasteiger charge is 2.29. The first-order chi connectivity index (χ1) is 9.54. The van der Waals surface area contributed by atoms with Gasteiger partial charge >= 0.3 is 0 Å². The van der Waals surface area contributed by atoms with Gasteiger partial charge in [-0.3, -0.25) is 0 Å². The lowest BCUT2D eigenvalue weighted by Crippen LogP contribution is -2.20. The molecule has 3 nitrogen and oxygen atoms in total. The molecule has 4 heteroatoms. The summed E-state index contributed by atoms with van der Waals surface area (Å²) in [5.74, 6) is -0.107. The number of hydrogen-bond acceptors (Lipinski definition) is 2. The maximum Gasteiger partial charge on any atom is 0.141 e. The third kappa shape index (κ3) is 1.74. The lowest BCUT2D eigenvalue weighted by Gasteiger charge is -2.26. The van der Waals surface area contributed by atoms with E-state index in [2.05, 4.69) is 18.8 Å². The number of nitrogens with one attached hydrogen (secondary N) is 1. The number of H-pyrrole nitrogens is 1. The minimum absolute atomic E-state index is 0.0137. The van der Waals surface area contributed by atoms with Crippen LogP contribution in [0.15, 0.2) is 6.07 Å². The molecular weight excluding hydrogens is 255 g/mol. The zero-order valence-corrected chi connectivity index (χ0v) is 11.9. The first-order valence-electron chi connectivity index (χ1n) is 6.89. The number of halogens is 1. The third-order valence-electron chi connectivity index (χ3n) is 4.01. The molecule has 0 amide bonds. The Hall–Kier alpha value is -1.86. The van der Waals surface area contributed by atoms with Crippen LogP contribution in [0.5, 0.6) is 0 Å². The van der Waals surface area contributed by atoms with Crippen LogP contribution in [0.2, 0.25) is 0 Å². The van der Waals surface area contributed by atoms with Crippen LogP contribution in [0.3, 0.4) is 0 Å². The molecule has 104 valence electrons. The van der Waals surface area contributed by atoms with Crippen LogP contribution in [0.1, 0.15) is 42.3 Å². The number of aromatic nitrogens is 1. The molecule has 0 saturated heterocycles. The van der Waals surface area contributed by atoms with Crippen molar-refractivity contribution in [3.63, 3.8) is 0 Å². The zero-order chi connectivity index (χ0) is 14.4. The summed E-state index contributed by atoms with van der Waals surface area (Å²) in [6, 6.07) is 3.43. The van der Waals surface area contributed by atoms with E-state index in [1.54, 1.807) is 0 Å². The summed E-state index contributed by atoms with van der Waals surface area (Å²) in [5.41, 5.74) is 3.89. The van der Waals surface area contributed by atoms with Crippen LogP contribution in [0, 0.1) is 30.0 Å². The highest BCUT2D eigenvalue weighted by atomic mass is 19.1. The summed E-state index contributed by atoms with van der Waals surface area (Å²) in [4.78, 5) is 3.37. The number of aromatic amines is 1. The van der Waals surface area contributed by atoms with E-state index in [0.29, 0.717) is 12.5 Å². The molecule has 1 aromatic heterocycles. The van der Waals surface area contributed by atoms with E-state index in [0.717, 1.165) is 34.1 Å². The number of fused-ring (bicyclic) bond motifs is 3.